The van der Waals surface area contributed by atoms with Crippen LogP contribution < -0.4 is 9.47 Å². The number of aromatic nitrogens is 1. The molecule has 4 aromatic rings. The second kappa shape index (κ2) is 9.62. The predicted octanol–water partition coefficient (Wildman–Crippen LogP) is 6.46. The van der Waals surface area contributed by atoms with Gasteiger partial charge in [0.1, 0.15) is 11.5 Å². The number of aliphatic imine (C=N–C) groups is 1. The van der Waals surface area contributed by atoms with Gasteiger partial charge < -0.3 is 9.47 Å². The Morgan fingerprint density at radius 3 is 2.30 bits per heavy atom. The highest BCUT2D eigenvalue weighted by Crippen LogP contribution is 2.40. The number of benzene rings is 3. The molecule has 0 unspecified atom stereocenters. The first-order chi connectivity index (χ1) is 16.0. The summed E-state index contributed by atoms with van der Waals surface area (Å²) in [4.78, 5) is 20.9. The Bertz CT molecular complexity index is 1310. The molecule has 4 rings (SSSR count). The van der Waals surface area contributed by atoms with Crippen LogP contribution >= 0.6 is 11.3 Å². The summed E-state index contributed by atoms with van der Waals surface area (Å²) in [5, 5.41) is 11.6. The lowest BCUT2D eigenvalue weighted by atomic mass is 10.1. The number of nitro benzene ring substituents is 1. The number of ether oxygens (including phenoxy) is 2. The molecule has 1 aromatic heterocycles. The molecule has 7 nitrogen and oxygen atoms in total. The van der Waals surface area contributed by atoms with Gasteiger partial charge in [-0.25, -0.2) is 9.98 Å². The van der Waals surface area contributed by atoms with E-state index in [2.05, 4.69) is 4.99 Å². The molecule has 166 valence electrons. The minimum atomic E-state index is -0.408. The quantitative estimate of drug-likeness (QED) is 0.180. The lowest BCUT2D eigenvalue weighted by molar-refractivity contribution is -0.384. The molecule has 0 aliphatic rings. The zero-order chi connectivity index (χ0) is 23.4. The van der Waals surface area contributed by atoms with Crippen molar-refractivity contribution in [2.24, 2.45) is 4.99 Å². The zero-order valence-corrected chi connectivity index (χ0v) is 19.1. The van der Waals surface area contributed by atoms with Crippen molar-refractivity contribution in [1.82, 2.24) is 4.98 Å². The van der Waals surface area contributed by atoms with E-state index in [9.17, 15) is 10.1 Å². The molecule has 0 atom stereocenters. The maximum Gasteiger partial charge on any atom is 0.269 e. The van der Waals surface area contributed by atoms with Crippen LogP contribution in [0, 0.1) is 17.0 Å². The van der Waals surface area contributed by atoms with Gasteiger partial charge in [0.15, 0.2) is 0 Å². The van der Waals surface area contributed by atoms with Gasteiger partial charge in [-0.05, 0) is 42.8 Å². The fraction of sp³-hybridized carbons (Fsp3) is 0.120. The molecule has 3 aromatic carbocycles. The third-order valence-corrected chi connectivity index (χ3v) is 6.04. The summed E-state index contributed by atoms with van der Waals surface area (Å²) in [6.45, 7) is 2.03. The fourth-order valence-electron chi connectivity index (χ4n) is 3.27. The first-order valence-corrected chi connectivity index (χ1v) is 10.9. The van der Waals surface area contributed by atoms with Crippen molar-refractivity contribution in [2.75, 3.05) is 14.2 Å². The van der Waals surface area contributed by atoms with Crippen molar-refractivity contribution in [3.05, 3.63) is 88.0 Å². The van der Waals surface area contributed by atoms with Crippen LogP contribution in [-0.2, 0) is 0 Å². The van der Waals surface area contributed by atoms with Gasteiger partial charge in [0.2, 0.25) is 5.13 Å². The van der Waals surface area contributed by atoms with Gasteiger partial charge in [-0.15, -0.1) is 0 Å². The number of rotatable bonds is 7. The van der Waals surface area contributed by atoms with Crippen molar-refractivity contribution in [2.45, 2.75) is 6.92 Å². The third kappa shape index (κ3) is 4.91. The summed E-state index contributed by atoms with van der Waals surface area (Å²) >= 11 is 1.42. The van der Waals surface area contributed by atoms with E-state index in [1.165, 1.54) is 23.5 Å². The Kier molecular flexibility index (Phi) is 6.46. The Morgan fingerprint density at radius 1 is 0.970 bits per heavy atom. The lowest BCUT2D eigenvalue weighted by Crippen LogP contribution is -1.92. The highest BCUT2D eigenvalue weighted by molar-refractivity contribution is 7.19. The molecule has 1 heterocycles. The van der Waals surface area contributed by atoms with E-state index in [4.69, 9.17) is 14.5 Å². The average Bonchev–Trinajstić information content (AvgIpc) is 3.27. The highest BCUT2D eigenvalue weighted by atomic mass is 32.1. The number of hydrogen-bond donors (Lipinski definition) is 0. The summed E-state index contributed by atoms with van der Waals surface area (Å²) in [5.41, 5.74) is 4.52. The van der Waals surface area contributed by atoms with E-state index in [0.717, 1.165) is 32.8 Å². The van der Waals surface area contributed by atoms with Gasteiger partial charge in [-0.3, -0.25) is 10.1 Å². The van der Waals surface area contributed by atoms with Gasteiger partial charge in [-0.2, -0.15) is 0 Å². The van der Waals surface area contributed by atoms with Crippen LogP contribution in [0.5, 0.6) is 11.5 Å². The van der Waals surface area contributed by atoms with Crippen LogP contribution in [0.25, 0.3) is 21.7 Å². The number of thiazole rings is 1. The van der Waals surface area contributed by atoms with Crippen LogP contribution in [0.1, 0.15) is 11.1 Å². The van der Waals surface area contributed by atoms with Gasteiger partial charge in [0.05, 0.1) is 29.7 Å². The lowest BCUT2D eigenvalue weighted by Gasteiger charge is -2.06. The second-order valence-electron chi connectivity index (χ2n) is 7.21. The topological polar surface area (TPSA) is 86.8 Å². The second-order valence-corrected chi connectivity index (χ2v) is 8.19. The van der Waals surface area contributed by atoms with Crippen molar-refractivity contribution < 1.29 is 14.4 Å². The standard InChI is InChI=1S/C25H21N3O4S/c1-16-4-6-17(7-5-16)23-24(18-8-10-20(11-9-18)28(29)30)33-25(27-23)26-15-19-14-21(31-2)12-13-22(19)32-3/h4-15H,1-3H3. The summed E-state index contributed by atoms with van der Waals surface area (Å²) < 4.78 is 10.7. The van der Waals surface area contributed by atoms with E-state index in [-0.39, 0.29) is 5.69 Å². The van der Waals surface area contributed by atoms with Crippen molar-refractivity contribution in [3.8, 4) is 33.2 Å². The predicted molar refractivity (Wildman–Crippen MR) is 131 cm³/mol. The summed E-state index contributed by atoms with van der Waals surface area (Å²) in [6, 6.07) is 20.0. The molecular formula is C25H21N3O4S. The Hall–Kier alpha value is -4.04. The molecule has 0 fully saturated rings. The first kappa shape index (κ1) is 22.2. The Balaban J connectivity index is 1.77. The van der Waals surface area contributed by atoms with Crippen LogP contribution in [0.4, 0.5) is 10.8 Å². The van der Waals surface area contributed by atoms with Crippen molar-refractivity contribution in [3.63, 3.8) is 0 Å². The maximum absolute atomic E-state index is 11.0. The monoisotopic (exact) mass is 459 g/mol. The van der Waals surface area contributed by atoms with Crippen molar-refractivity contribution >= 4 is 28.4 Å². The van der Waals surface area contributed by atoms with Crippen LogP contribution in [0.15, 0.2) is 71.7 Å². The molecule has 8 heteroatoms. The maximum atomic E-state index is 11.0. The van der Waals surface area contributed by atoms with Crippen LogP contribution in [-0.4, -0.2) is 30.3 Å². The molecule has 0 amide bonds. The Morgan fingerprint density at radius 2 is 1.67 bits per heavy atom. The largest absolute Gasteiger partial charge is 0.497 e. The summed E-state index contributed by atoms with van der Waals surface area (Å²) in [7, 11) is 3.21. The van der Waals surface area contributed by atoms with Crippen LogP contribution in [0.2, 0.25) is 0 Å². The van der Waals surface area contributed by atoms with E-state index in [1.807, 2.05) is 49.4 Å². The Labute approximate surface area is 195 Å². The number of nitro groups is 1. The molecule has 0 bridgehead atoms. The minimum Gasteiger partial charge on any atom is -0.497 e. The molecule has 0 aliphatic heterocycles. The molecule has 0 radical (unpaired) electrons. The van der Waals surface area contributed by atoms with Gasteiger partial charge >= 0.3 is 0 Å². The van der Waals surface area contributed by atoms with Crippen molar-refractivity contribution in [1.29, 1.82) is 0 Å². The molecule has 0 saturated heterocycles. The van der Waals surface area contributed by atoms with Gasteiger partial charge in [-0.1, -0.05) is 41.2 Å². The van der Waals surface area contributed by atoms with Crippen LogP contribution in [0.3, 0.4) is 0 Å². The molecule has 0 aliphatic carbocycles. The van der Waals surface area contributed by atoms with Gasteiger partial charge in [0.25, 0.3) is 5.69 Å². The van der Waals surface area contributed by atoms with E-state index >= 15 is 0 Å². The first-order valence-electron chi connectivity index (χ1n) is 10.1. The van der Waals surface area contributed by atoms with E-state index in [0.29, 0.717) is 16.6 Å². The molecule has 0 saturated carbocycles. The normalized spacial score (nSPS) is 11.0. The highest BCUT2D eigenvalue weighted by Gasteiger charge is 2.16. The molecule has 33 heavy (non-hydrogen) atoms. The number of hydrogen-bond acceptors (Lipinski definition) is 7. The zero-order valence-electron chi connectivity index (χ0n) is 18.3. The number of aryl methyl sites for hydroxylation is 1. The molecular weight excluding hydrogens is 438 g/mol. The molecule has 0 spiro atoms. The minimum absolute atomic E-state index is 0.0449. The summed E-state index contributed by atoms with van der Waals surface area (Å²) in [6.07, 6.45) is 1.69. The van der Waals surface area contributed by atoms with E-state index in [1.54, 1.807) is 32.6 Å². The number of methoxy groups -OCH3 is 2. The molecule has 0 N–H and O–H groups in total. The smallest absolute Gasteiger partial charge is 0.269 e. The summed E-state index contributed by atoms with van der Waals surface area (Å²) in [5.74, 6) is 1.37. The number of nitrogens with zero attached hydrogens (tertiary/aromatic N) is 3. The SMILES string of the molecule is COc1ccc(OC)c(C=Nc2nc(-c3ccc(C)cc3)c(-c3ccc([N+](=O)[O-])cc3)s2)c1. The number of non-ortho nitro benzene ring substituents is 1. The average molecular weight is 460 g/mol. The van der Waals surface area contributed by atoms with Gasteiger partial charge in [0, 0.05) is 29.5 Å². The fourth-order valence-corrected chi connectivity index (χ4v) is 4.21. The van der Waals surface area contributed by atoms with E-state index < -0.39 is 4.92 Å². The third-order valence-electron chi connectivity index (χ3n) is 5.03.